The molecule has 10 heavy (non-hydrogen) atoms. The Balaban J connectivity index is 2.07. The van der Waals surface area contributed by atoms with Crippen molar-refractivity contribution in [2.24, 2.45) is 5.92 Å². The van der Waals surface area contributed by atoms with E-state index < -0.39 is 5.97 Å². The van der Waals surface area contributed by atoms with Crippen LogP contribution in [0.3, 0.4) is 0 Å². The van der Waals surface area contributed by atoms with E-state index in [0.717, 1.165) is 6.42 Å². The van der Waals surface area contributed by atoms with Gasteiger partial charge in [-0.25, -0.2) is 9.90 Å². The van der Waals surface area contributed by atoms with Crippen LogP contribution in [0.1, 0.15) is 38.5 Å². The summed E-state index contributed by atoms with van der Waals surface area (Å²) in [6, 6.07) is 0. The lowest BCUT2D eigenvalue weighted by molar-refractivity contribution is -0.143. The van der Waals surface area contributed by atoms with Gasteiger partial charge in [0, 0.05) is 0 Å². The van der Waals surface area contributed by atoms with Gasteiger partial charge in [0.05, 0.1) is 6.42 Å². The Labute approximate surface area is 61.2 Å². The van der Waals surface area contributed by atoms with Crippen LogP contribution in [0.4, 0.5) is 0 Å². The van der Waals surface area contributed by atoms with Crippen molar-refractivity contribution in [1.29, 1.82) is 0 Å². The summed E-state index contributed by atoms with van der Waals surface area (Å²) in [5.41, 5.74) is 0. The molecule has 2 nitrogen and oxygen atoms in total. The second-order valence-electron chi connectivity index (χ2n) is 3.06. The molecule has 1 fully saturated rings. The van der Waals surface area contributed by atoms with Crippen molar-refractivity contribution < 1.29 is 9.90 Å². The first-order valence-electron chi connectivity index (χ1n) is 3.99. The average Bonchev–Trinajstić information content (AvgIpc) is 2.34. The van der Waals surface area contributed by atoms with Crippen molar-refractivity contribution in [3.63, 3.8) is 0 Å². The third-order valence-electron chi connectivity index (χ3n) is 2.23. The fourth-order valence-corrected chi connectivity index (χ4v) is 1.62. The summed E-state index contributed by atoms with van der Waals surface area (Å²) in [4.78, 5) is 10.0. The number of hydrogen-bond acceptors (Lipinski definition) is 1. The maximum absolute atomic E-state index is 10.0. The lowest BCUT2D eigenvalue weighted by atomic mass is 10.0. The first-order valence-corrected chi connectivity index (χ1v) is 3.99. The van der Waals surface area contributed by atoms with E-state index in [1.165, 1.54) is 25.7 Å². The highest BCUT2D eigenvalue weighted by Gasteiger charge is 2.15. The molecule has 0 aromatic heterocycles. The molecule has 0 unspecified atom stereocenters. The van der Waals surface area contributed by atoms with Crippen molar-refractivity contribution >= 4 is 5.97 Å². The molecule has 1 radical (unpaired) electrons. The Morgan fingerprint density at radius 1 is 1.30 bits per heavy atom. The summed E-state index contributed by atoms with van der Waals surface area (Å²) in [6.07, 6.45) is 6.13. The number of carbonyl (C=O) groups is 1. The highest BCUT2D eigenvalue weighted by atomic mass is 16.4. The third-order valence-corrected chi connectivity index (χ3v) is 2.23. The summed E-state index contributed by atoms with van der Waals surface area (Å²) >= 11 is 0. The Morgan fingerprint density at radius 3 is 2.40 bits per heavy atom. The van der Waals surface area contributed by atoms with E-state index >= 15 is 0 Å². The summed E-state index contributed by atoms with van der Waals surface area (Å²) in [6.45, 7) is 0. The molecule has 1 aliphatic rings. The zero-order valence-corrected chi connectivity index (χ0v) is 6.14. The molecule has 0 atom stereocenters. The molecule has 1 rings (SSSR count). The molecule has 0 aromatic rings. The molecule has 0 aliphatic heterocycles. The molecule has 0 heterocycles. The van der Waals surface area contributed by atoms with E-state index in [4.69, 9.17) is 0 Å². The fourth-order valence-electron chi connectivity index (χ4n) is 1.62. The van der Waals surface area contributed by atoms with Gasteiger partial charge >= 0.3 is 5.97 Å². The minimum Gasteiger partial charge on any atom is -0.247 e. The molecular formula is C8H13O2. The molecule has 0 spiro atoms. The lowest BCUT2D eigenvalue weighted by Crippen LogP contribution is -1.98. The van der Waals surface area contributed by atoms with Crippen LogP contribution in [0.15, 0.2) is 0 Å². The smallest absolute Gasteiger partial charge is 0.247 e. The van der Waals surface area contributed by atoms with Crippen molar-refractivity contribution in [1.82, 2.24) is 0 Å². The molecular weight excluding hydrogens is 128 g/mol. The Bertz CT molecular complexity index is 114. The van der Waals surface area contributed by atoms with E-state index in [1.54, 1.807) is 0 Å². The largest absolute Gasteiger partial charge is 0.355 e. The number of hydrogen-bond donors (Lipinski definition) is 0. The van der Waals surface area contributed by atoms with Gasteiger partial charge in [-0.05, 0) is 12.3 Å². The minimum absolute atomic E-state index is 0.255. The van der Waals surface area contributed by atoms with Gasteiger partial charge in [-0.15, -0.1) is 0 Å². The van der Waals surface area contributed by atoms with Crippen LogP contribution in [0.5, 0.6) is 0 Å². The highest BCUT2D eigenvalue weighted by Crippen LogP contribution is 2.28. The van der Waals surface area contributed by atoms with Crippen LogP contribution < -0.4 is 0 Å². The van der Waals surface area contributed by atoms with Gasteiger partial charge in [0.15, 0.2) is 0 Å². The number of carbonyl (C=O) groups excluding carboxylic acids is 1. The molecule has 0 aromatic carbocycles. The third kappa shape index (κ3) is 2.38. The van der Waals surface area contributed by atoms with Crippen molar-refractivity contribution in [2.75, 3.05) is 0 Å². The van der Waals surface area contributed by atoms with E-state index in [0.29, 0.717) is 5.92 Å². The van der Waals surface area contributed by atoms with Crippen molar-refractivity contribution in [2.45, 2.75) is 38.5 Å². The highest BCUT2D eigenvalue weighted by molar-refractivity contribution is 5.66. The van der Waals surface area contributed by atoms with Crippen LogP contribution in [0.2, 0.25) is 0 Å². The molecule has 0 N–H and O–H groups in total. The standard InChI is InChI=1S/C8H13O2/c9-8(10)6-5-7-3-1-2-4-7/h7H,1-6H2. The van der Waals surface area contributed by atoms with E-state index in [9.17, 15) is 9.90 Å². The minimum atomic E-state index is -0.896. The van der Waals surface area contributed by atoms with Crippen LogP contribution in [-0.4, -0.2) is 5.97 Å². The van der Waals surface area contributed by atoms with Crippen molar-refractivity contribution in [3.8, 4) is 0 Å². The van der Waals surface area contributed by atoms with Crippen LogP contribution in [-0.2, 0) is 9.90 Å². The zero-order chi connectivity index (χ0) is 7.40. The molecule has 2 heteroatoms. The summed E-state index contributed by atoms with van der Waals surface area (Å²) in [5, 5.41) is 10.0. The lowest BCUT2D eigenvalue weighted by Gasteiger charge is -2.03. The van der Waals surface area contributed by atoms with Crippen LogP contribution >= 0.6 is 0 Å². The summed E-state index contributed by atoms with van der Waals surface area (Å²) in [7, 11) is 0. The second kappa shape index (κ2) is 3.59. The zero-order valence-electron chi connectivity index (χ0n) is 6.14. The van der Waals surface area contributed by atoms with Gasteiger partial charge in [0.25, 0.3) is 0 Å². The van der Waals surface area contributed by atoms with Gasteiger partial charge in [-0.1, -0.05) is 25.7 Å². The molecule has 57 valence electrons. The summed E-state index contributed by atoms with van der Waals surface area (Å²) < 4.78 is 0. The predicted octanol–water partition coefficient (Wildman–Crippen LogP) is 1.91. The summed E-state index contributed by atoms with van der Waals surface area (Å²) in [5.74, 6) is -0.218. The topological polar surface area (TPSA) is 37.0 Å². The monoisotopic (exact) mass is 141 g/mol. The van der Waals surface area contributed by atoms with Gasteiger partial charge in [-0.2, -0.15) is 0 Å². The second-order valence-corrected chi connectivity index (χ2v) is 3.06. The van der Waals surface area contributed by atoms with Gasteiger partial charge in [-0.3, -0.25) is 0 Å². The first-order chi connectivity index (χ1) is 4.79. The molecule has 0 amide bonds. The quantitative estimate of drug-likeness (QED) is 0.591. The Morgan fingerprint density at radius 2 is 1.90 bits per heavy atom. The van der Waals surface area contributed by atoms with Crippen LogP contribution in [0, 0.1) is 5.92 Å². The Hall–Kier alpha value is -0.530. The van der Waals surface area contributed by atoms with E-state index in [1.807, 2.05) is 0 Å². The Kier molecular flexibility index (Phi) is 2.72. The van der Waals surface area contributed by atoms with Gasteiger partial charge in [0.1, 0.15) is 0 Å². The maximum Gasteiger partial charge on any atom is 0.355 e. The van der Waals surface area contributed by atoms with Crippen molar-refractivity contribution in [3.05, 3.63) is 0 Å². The van der Waals surface area contributed by atoms with E-state index in [-0.39, 0.29) is 6.42 Å². The maximum atomic E-state index is 10.0. The van der Waals surface area contributed by atoms with Gasteiger partial charge in [0.2, 0.25) is 0 Å². The van der Waals surface area contributed by atoms with E-state index in [2.05, 4.69) is 0 Å². The van der Waals surface area contributed by atoms with Crippen LogP contribution in [0.25, 0.3) is 0 Å². The molecule has 0 bridgehead atoms. The SMILES string of the molecule is [O]C(=O)CCC1CCCC1. The predicted molar refractivity (Wildman–Crippen MR) is 36.9 cm³/mol. The van der Waals surface area contributed by atoms with Gasteiger partial charge < -0.3 is 0 Å². The number of rotatable bonds is 3. The molecule has 1 saturated carbocycles. The molecule has 1 aliphatic carbocycles. The average molecular weight is 141 g/mol. The first kappa shape index (κ1) is 7.58. The normalized spacial score (nSPS) is 19.6. The molecule has 0 saturated heterocycles. The fraction of sp³-hybridized carbons (Fsp3) is 0.875.